The summed E-state index contributed by atoms with van der Waals surface area (Å²) in [6.45, 7) is 7.63. The van der Waals surface area contributed by atoms with Crippen LogP contribution in [-0.2, 0) is 6.42 Å². The molecule has 0 bridgehead atoms. The first-order valence-corrected chi connectivity index (χ1v) is 6.73. The molecule has 20 heavy (non-hydrogen) atoms. The first-order chi connectivity index (χ1) is 9.51. The van der Waals surface area contributed by atoms with Crippen LogP contribution in [0.15, 0.2) is 23.3 Å². The van der Waals surface area contributed by atoms with E-state index in [1.807, 2.05) is 26.8 Å². The maximum atomic E-state index is 11.9. The van der Waals surface area contributed by atoms with Gasteiger partial charge in [0, 0.05) is 23.7 Å². The predicted molar refractivity (Wildman–Crippen MR) is 78.0 cm³/mol. The van der Waals surface area contributed by atoms with Gasteiger partial charge in [-0.3, -0.25) is 9.78 Å². The fraction of sp³-hybridized carbons (Fsp3) is 0.400. The fourth-order valence-electron chi connectivity index (χ4n) is 1.91. The number of hydrogen-bond acceptors (Lipinski definition) is 4. The Balaban J connectivity index is 2.51. The second-order valence-electron chi connectivity index (χ2n) is 4.92. The van der Waals surface area contributed by atoms with Crippen LogP contribution < -0.4 is 10.3 Å². The molecule has 2 heterocycles. The lowest BCUT2D eigenvalue weighted by Gasteiger charge is -2.11. The number of aromatic nitrogens is 3. The number of nitrogens with zero attached hydrogens (tertiary/aromatic N) is 2. The number of aryl methyl sites for hydroxylation is 1. The lowest BCUT2D eigenvalue weighted by Crippen LogP contribution is -2.15. The molecule has 0 radical (unpaired) electrons. The topological polar surface area (TPSA) is 67.9 Å². The van der Waals surface area contributed by atoms with Crippen LogP contribution in [0.1, 0.15) is 32.2 Å². The number of pyridine rings is 1. The Morgan fingerprint density at radius 2 is 2.10 bits per heavy atom. The fourth-order valence-corrected chi connectivity index (χ4v) is 1.91. The highest BCUT2D eigenvalue weighted by atomic mass is 16.5. The average Bonchev–Trinajstić information content (AvgIpc) is 2.41. The maximum Gasteiger partial charge on any atom is 0.254 e. The van der Waals surface area contributed by atoms with Crippen LogP contribution in [0.2, 0.25) is 0 Å². The zero-order valence-electron chi connectivity index (χ0n) is 12.2. The van der Waals surface area contributed by atoms with Crippen LogP contribution in [0.5, 0.6) is 5.75 Å². The Kier molecular flexibility index (Phi) is 4.17. The molecule has 0 fully saturated rings. The molecule has 0 spiro atoms. The summed E-state index contributed by atoms with van der Waals surface area (Å²) in [4.78, 5) is 23.3. The molecule has 0 aliphatic rings. The Morgan fingerprint density at radius 1 is 1.35 bits per heavy atom. The minimum Gasteiger partial charge on any atom is -0.489 e. The second-order valence-corrected chi connectivity index (χ2v) is 4.92. The molecule has 2 rings (SSSR count). The van der Waals surface area contributed by atoms with E-state index in [1.54, 1.807) is 19.3 Å². The molecule has 2 aromatic rings. The predicted octanol–water partition coefficient (Wildman–Crippen LogP) is 2.49. The van der Waals surface area contributed by atoms with Crippen LogP contribution in [0.3, 0.4) is 0 Å². The normalized spacial score (nSPS) is 10.8. The van der Waals surface area contributed by atoms with Crippen LogP contribution in [-0.4, -0.2) is 21.1 Å². The SMILES string of the molecule is CCc1nc(-c2cncc(OC(C)C)c2)c(C)c(=O)[nH]1. The van der Waals surface area contributed by atoms with Gasteiger partial charge >= 0.3 is 0 Å². The molecule has 0 aromatic carbocycles. The highest BCUT2D eigenvalue weighted by molar-refractivity contribution is 5.62. The summed E-state index contributed by atoms with van der Waals surface area (Å²) in [5, 5.41) is 0. The Morgan fingerprint density at radius 3 is 2.75 bits per heavy atom. The number of aromatic amines is 1. The molecule has 1 N–H and O–H groups in total. The minimum atomic E-state index is -0.109. The summed E-state index contributed by atoms with van der Waals surface area (Å²) in [7, 11) is 0. The van der Waals surface area contributed by atoms with Gasteiger partial charge in [0.15, 0.2) is 0 Å². The van der Waals surface area contributed by atoms with Gasteiger partial charge in [0.1, 0.15) is 11.6 Å². The van der Waals surface area contributed by atoms with E-state index in [2.05, 4.69) is 15.0 Å². The molecule has 0 atom stereocenters. The third-order valence-corrected chi connectivity index (χ3v) is 2.89. The quantitative estimate of drug-likeness (QED) is 0.929. The van der Waals surface area contributed by atoms with Crippen LogP contribution in [0, 0.1) is 6.92 Å². The first-order valence-electron chi connectivity index (χ1n) is 6.73. The van der Waals surface area contributed by atoms with E-state index in [4.69, 9.17) is 4.74 Å². The number of nitrogens with one attached hydrogen (secondary N) is 1. The van der Waals surface area contributed by atoms with Crippen molar-refractivity contribution in [2.45, 2.75) is 40.2 Å². The van der Waals surface area contributed by atoms with E-state index in [9.17, 15) is 4.79 Å². The lowest BCUT2D eigenvalue weighted by atomic mass is 10.1. The monoisotopic (exact) mass is 273 g/mol. The summed E-state index contributed by atoms with van der Waals surface area (Å²) in [5.41, 5.74) is 1.93. The standard InChI is InChI=1S/C15H19N3O2/c1-5-13-17-14(10(4)15(19)18-13)11-6-12(8-16-7-11)20-9(2)3/h6-9H,5H2,1-4H3,(H,17,18,19). The van der Waals surface area contributed by atoms with Crippen molar-refractivity contribution in [1.29, 1.82) is 0 Å². The molecule has 106 valence electrons. The van der Waals surface area contributed by atoms with E-state index in [1.165, 1.54) is 0 Å². The zero-order valence-corrected chi connectivity index (χ0v) is 12.2. The van der Waals surface area contributed by atoms with Crippen molar-refractivity contribution >= 4 is 0 Å². The van der Waals surface area contributed by atoms with Gasteiger partial charge in [-0.2, -0.15) is 0 Å². The molecule has 5 nitrogen and oxygen atoms in total. The smallest absolute Gasteiger partial charge is 0.254 e. The first kappa shape index (κ1) is 14.2. The minimum absolute atomic E-state index is 0.0754. The summed E-state index contributed by atoms with van der Waals surface area (Å²) in [5.74, 6) is 1.35. The van der Waals surface area contributed by atoms with E-state index < -0.39 is 0 Å². The molecule has 0 aliphatic heterocycles. The summed E-state index contributed by atoms with van der Waals surface area (Å²) in [6.07, 6.45) is 4.11. The van der Waals surface area contributed by atoms with E-state index in [0.29, 0.717) is 29.3 Å². The zero-order chi connectivity index (χ0) is 14.7. The molecule has 0 saturated heterocycles. The average molecular weight is 273 g/mol. The number of ether oxygens (including phenoxy) is 1. The second kappa shape index (κ2) is 5.86. The van der Waals surface area contributed by atoms with Crippen LogP contribution in [0.25, 0.3) is 11.3 Å². The highest BCUT2D eigenvalue weighted by Gasteiger charge is 2.11. The lowest BCUT2D eigenvalue weighted by molar-refractivity contribution is 0.241. The van der Waals surface area contributed by atoms with Gasteiger partial charge in [0.25, 0.3) is 5.56 Å². The van der Waals surface area contributed by atoms with E-state index >= 15 is 0 Å². The molecule has 5 heteroatoms. The van der Waals surface area contributed by atoms with Crippen LogP contribution >= 0.6 is 0 Å². The highest BCUT2D eigenvalue weighted by Crippen LogP contribution is 2.23. The van der Waals surface area contributed by atoms with Crippen molar-refractivity contribution in [3.05, 3.63) is 40.2 Å². The van der Waals surface area contributed by atoms with Gasteiger partial charge in [-0.25, -0.2) is 4.98 Å². The summed E-state index contributed by atoms with van der Waals surface area (Å²) < 4.78 is 5.63. The maximum absolute atomic E-state index is 11.9. The molecule has 0 unspecified atom stereocenters. The summed E-state index contributed by atoms with van der Waals surface area (Å²) in [6, 6.07) is 1.86. The van der Waals surface area contributed by atoms with Crippen molar-refractivity contribution in [3.63, 3.8) is 0 Å². The number of hydrogen-bond donors (Lipinski definition) is 1. The molecule has 0 aliphatic carbocycles. The van der Waals surface area contributed by atoms with Gasteiger partial charge in [-0.1, -0.05) is 6.92 Å². The third-order valence-electron chi connectivity index (χ3n) is 2.89. The Hall–Kier alpha value is -2.17. The molecular formula is C15H19N3O2. The van der Waals surface area contributed by atoms with Crippen molar-refractivity contribution < 1.29 is 4.74 Å². The van der Waals surface area contributed by atoms with Gasteiger partial charge in [-0.15, -0.1) is 0 Å². The van der Waals surface area contributed by atoms with Crippen molar-refractivity contribution in [2.24, 2.45) is 0 Å². The van der Waals surface area contributed by atoms with E-state index in [-0.39, 0.29) is 11.7 Å². The molecule has 0 saturated carbocycles. The van der Waals surface area contributed by atoms with Crippen molar-refractivity contribution in [3.8, 4) is 17.0 Å². The molecular weight excluding hydrogens is 254 g/mol. The third kappa shape index (κ3) is 3.04. The number of rotatable bonds is 4. The van der Waals surface area contributed by atoms with E-state index in [0.717, 1.165) is 5.56 Å². The largest absolute Gasteiger partial charge is 0.489 e. The molecule has 2 aromatic heterocycles. The molecule has 0 amide bonds. The Labute approximate surface area is 118 Å². The van der Waals surface area contributed by atoms with Crippen molar-refractivity contribution in [1.82, 2.24) is 15.0 Å². The van der Waals surface area contributed by atoms with Crippen molar-refractivity contribution in [2.75, 3.05) is 0 Å². The Bertz CT molecular complexity index is 662. The van der Waals surface area contributed by atoms with Gasteiger partial charge < -0.3 is 9.72 Å². The van der Waals surface area contributed by atoms with Gasteiger partial charge in [0.05, 0.1) is 18.0 Å². The van der Waals surface area contributed by atoms with Gasteiger partial charge in [-0.05, 0) is 26.8 Å². The van der Waals surface area contributed by atoms with Gasteiger partial charge in [0.2, 0.25) is 0 Å². The van der Waals surface area contributed by atoms with Crippen LogP contribution in [0.4, 0.5) is 0 Å². The summed E-state index contributed by atoms with van der Waals surface area (Å²) >= 11 is 0. The number of H-pyrrole nitrogens is 1.